The normalized spacial score (nSPS) is 11.3. The molecule has 136 valence electrons. The van der Waals surface area contributed by atoms with Crippen LogP contribution in [-0.4, -0.2) is 32.3 Å². The van der Waals surface area contributed by atoms with Gasteiger partial charge in [-0.2, -0.15) is 0 Å². The number of thiazole rings is 1. The number of benzene rings is 1. The number of nitrogens with zero attached hydrogens (tertiary/aromatic N) is 5. The Morgan fingerprint density at radius 2 is 2.12 bits per heavy atom. The molecule has 0 saturated heterocycles. The van der Waals surface area contributed by atoms with E-state index in [-0.39, 0.29) is 0 Å². The fourth-order valence-electron chi connectivity index (χ4n) is 2.67. The molecule has 0 atom stereocenters. The predicted molar refractivity (Wildman–Crippen MR) is 104 cm³/mol. The lowest BCUT2D eigenvalue weighted by atomic mass is 10.1. The molecule has 0 aliphatic carbocycles. The van der Waals surface area contributed by atoms with Crippen LogP contribution < -0.4 is 4.74 Å². The third-order valence-corrected chi connectivity index (χ3v) is 4.80. The summed E-state index contributed by atoms with van der Waals surface area (Å²) in [5.74, 6) is 1.48. The van der Waals surface area contributed by atoms with Gasteiger partial charge in [0, 0.05) is 10.9 Å². The SMILES string of the molecule is COc1ccc(-n2nnc(C)n2)cc1/C=C/CCCCc1csc(C)n1. The molecular weight excluding hydrogens is 346 g/mol. The van der Waals surface area contributed by atoms with Gasteiger partial charge >= 0.3 is 0 Å². The lowest BCUT2D eigenvalue weighted by Gasteiger charge is -2.07. The number of tetrazole rings is 1. The number of hydrogen-bond acceptors (Lipinski definition) is 6. The Hall–Kier alpha value is -2.54. The second-order valence-electron chi connectivity index (χ2n) is 6.06. The number of aryl methyl sites for hydroxylation is 3. The van der Waals surface area contributed by atoms with Crippen molar-refractivity contribution < 1.29 is 4.74 Å². The standard InChI is InChI=1S/C19H23N5OS/c1-14-21-23-24(22-14)18-10-11-19(25-3)16(12-18)8-6-4-5-7-9-17-13-26-15(2)20-17/h6,8,10-13H,4-5,7,9H2,1-3H3/b8-6+. The van der Waals surface area contributed by atoms with E-state index in [0.29, 0.717) is 5.82 Å². The highest BCUT2D eigenvalue weighted by molar-refractivity contribution is 7.09. The number of ether oxygens (including phenoxy) is 1. The summed E-state index contributed by atoms with van der Waals surface area (Å²) in [6, 6.07) is 5.86. The van der Waals surface area contributed by atoms with E-state index in [9.17, 15) is 0 Å². The molecule has 0 spiro atoms. The van der Waals surface area contributed by atoms with Gasteiger partial charge < -0.3 is 4.74 Å². The summed E-state index contributed by atoms with van der Waals surface area (Å²) in [4.78, 5) is 6.03. The van der Waals surface area contributed by atoms with Gasteiger partial charge in [-0.25, -0.2) is 4.98 Å². The molecule has 0 amide bonds. The lowest BCUT2D eigenvalue weighted by Crippen LogP contribution is -2.00. The average molecular weight is 369 g/mol. The van der Waals surface area contributed by atoms with Crippen LogP contribution in [-0.2, 0) is 6.42 Å². The van der Waals surface area contributed by atoms with Gasteiger partial charge in [0.1, 0.15) is 5.75 Å². The number of methoxy groups -OCH3 is 1. The topological polar surface area (TPSA) is 65.7 Å². The van der Waals surface area contributed by atoms with Crippen LogP contribution in [0.15, 0.2) is 29.7 Å². The van der Waals surface area contributed by atoms with E-state index in [4.69, 9.17) is 4.74 Å². The van der Waals surface area contributed by atoms with Crippen molar-refractivity contribution in [2.75, 3.05) is 7.11 Å². The van der Waals surface area contributed by atoms with Crippen molar-refractivity contribution in [1.29, 1.82) is 0 Å². The van der Waals surface area contributed by atoms with E-state index in [1.807, 2.05) is 25.1 Å². The molecule has 2 aromatic heterocycles. The van der Waals surface area contributed by atoms with Crippen molar-refractivity contribution in [3.63, 3.8) is 0 Å². The van der Waals surface area contributed by atoms with Crippen LogP contribution in [0, 0.1) is 13.8 Å². The smallest absolute Gasteiger partial charge is 0.172 e. The van der Waals surface area contributed by atoms with Crippen LogP contribution in [0.5, 0.6) is 5.75 Å². The maximum atomic E-state index is 5.46. The van der Waals surface area contributed by atoms with Gasteiger partial charge in [0.25, 0.3) is 0 Å². The summed E-state index contributed by atoms with van der Waals surface area (Å²) >= 11 is 1.72. The van der Waals surface area contributed by atoms with Gasteiger partial charge in [0.15, 0.2) is 5.82 Å². The van der Waals surface area contributed by atoms with E-state index < -0.39 is 0 Å². The Morgan fingerprint density at radius 3 is 2.81 bits per heavy atom. The highest BCUT2D eigenvalue weighted by Crippen LogP contribution is 2.23. The zero-order chi connectivity index (χ0) is 18.4. The van der Waals surface area contributed by atoms with E-state index in [0.717, 1.165) is 47.7 Å². The van der Waals surface area contributed by atoms with Crippen molar-refractivity contribution >= 4 is 17.4 Å². The summed E-state index contributed by atoms with van der Waals surface area (Å²) < 4.78 is 5.46. The third kappa shape index (κ3) is 4.76. The van der Waals surface area contributed by atoms with Gasteiger partial charge in [0.05, 0.1) is 23.5 Å². The minimum Gasteiger partial charge on any atom is -0.496 e. The zero-order valence-corrected chi connectivity index (χ0v) is 16.2. The number of hydrogen-bond donors (Lipinski definition) is 0. The molecule has 3 aromatic rings. The molecule has 0 aliphatic heterocycles. The molecule has 0 saturated carbocycles. The molecule has 3 rings (SSSR count). The van der Waals surface area contributed by atoms with E-state index in [1.54, 1.807) is 18.4 Å². The molecule has 6 nitrogen and oxygen atoms in total. The fourth-order valence-corrected chi connectivity index (χ4v) is 3.32. The van der Waals surface area contributed by atoms with Crippen LogP contribution in [0.4, 0.5) is 0 Å². The molecule has 7 heteroatoms. The molecule has 0 radical (unpaired) electrons. The Balaban J connectivity index is 1.57. The van der Waals surface area contributed by atoms with Crippen LogP contribution in [0.2, 0.25) is 0 Å². The zero-order valence-electron chi connectivity index (χ0n) is 15.3. The second-order valence-corrected chi connectivity index (χ2v) is 7.12. The van der Waals surface area contributed by atoms with Gasteiger partial charge in [-0.3, -0.25) is 0 Å². The van der Waals surface area contributed by atoms with Crippen LogP contribution >= 0.6 is 11.3 Å². The van der Waals surface area contributed by atoms with Gasteiger partial charge in [0.2, 0.25) is 0 Å². The first-order chi connectivity index (χ1) is 12.7. The summed E-state index contributed by atoms with van der Waals surface area (Å²) in [6.45, 7) is 3.87. The Bertz CT molecular complexity index is 884. The average Bonchev–Trinajstić information content (AvgIpc) is 3.26. The van der Waals surface area contributed by atoms with Crippen molar-refractivity contribution in [1.82, 2.24) is 25.2 Å². The van der Waals surface area contributed by atoms with Crippen molar-refractivity contribution in [3.05, 3.63) is 51.7 Å². The molecule has 2 heterocycles. The second kappa shape index (κ2) is 8.71. The summed E-state index contributed by atoms with van der Waals surface area (Å²) in [5, 5.41) is 15.5. The summed E-state index contributed by atoms with van der Waals surface area (Å²) in [6.07, 6.45) is 8.64. The van der Waals surface area contributed by atoms with E-state index >= 15 is 0 Å². The summed E-state index contributed by atoms with van der Waals surface area (Å²) in [7, 11) is 1.68. The minimum atomic E-state index is 0.646. The highest BCUT2D eigenvalue weighted by atomic mass is 32.1. The fraction of sp³-hybridized carbons (Fsp3) is 0.368. The van der Waals surface area contributed by atoms with E-state index in [1.165, 1.54) is 10.5 Å². The Kier molecular flexibility index (Phi) is 6.12. The molecule has 0 fully saturated rings. The molecule has 26 heavy (non-hydrogen) atoms. The van der Waals surface area contributed by atoms with Crippen LogP contribution in [0.25, 0.3) is 11.8 Å². The van der Waals surface area contributed by atoms with Crippen molar-refractivity contribution in [2.45, 2.75) is 39.5 Å². The Labute approximate surface area is 157 Å². The summed E-state index contributed by atoms with van der Waals surface area (Å²) in [5.41, 5.74) is 3.08. The molecular formula is C19H23N5OS. The van der Waals surface area contributed by atoms with Gasteiger partial charge in [-0.1, -0.05) is 12.2 Å². The molecule has 0 N–H and O–H groups in total. The maximum absolute atomic E-state index is 5.46. The Morgan fingerprint density at radius 1 is 1.23 bits per heavy atom. The highest BCUT2D eigenvalue weighted by Gasteiger charge is 2.06. The molecule has 1 aromatic carbocycles. The quantitative estimate of drug-likeness (QED) is 0.558. The van der Waals surface area contributed by atoms with Gasteiger partial charge in [-0.15, -0.1) is 26.3 Å². The maximum Gasteiger partial charge on any atom is 0.172 e. The van der Waals surface area contributed by atoms with Crippen molar-refractivity contribution in [3.8, 4) is 11.4 Å². The van der Waals surface area contributed by atoms with Crippen LogP contribution in [0.3, 0.4) is 0 Å². The minimum absolute atomic E-state index is 0.646. The molecule has 0 aliphatic rings. The van der Waals surface area contributed by atoms with Crippen molar-refractivity contribution in [2.24, 2.45) is 0 Å². The third-order valence-electron chi connectivity index (χ3n) is 3.98. The van der Waals surface area contributed by atoms with E-state index in [2.05, 4.69) is 44.9 Å². The first kappa shape index (κ1) is 18.3. The first-order valence-electron chi connectivity index (χ1n) is 8.68. The van der Waals surface area contributed by atoms with Gasteiger partial charge in [-0.05, 0) is 62.9 Å². The number of unbranched alkanes of at least 4 members (excludes halogenated alkanes) is 2. The monoisotopic (exact) mass is 369 g/mol. The lowest BCUT2D eigenvalue weighted by molar-refractivity contribution is 0.413. The largest absolute Gasteiger partial charge is 0.496 e. The first-order valence-corrected chi connectivity index (χ1v) is 9.56. The number of allylic oxidation sites excluding steroid dienone is 1. The molecule has 0 bridgehead atoms. The number of aromatic nitrogens is 5. The number of rotatable bonds is 8. The predicted octanol–water partition coefficient (Wildman–Crippen LogP) is 4.17. The van der Waals surface area contributed by atoms with Crippen LogP contribution in [0.1, 0.15) is 41.4 Å². The molecule has 0 unspecified atom stereocenters.